The van der Waals surface area contributed by atoms with Crippen LogP contribution in [0.5, 0.6) is 0 Å². The summed E-state index contributed by atoms with van der Waals surface area (Å²) in [6, 6.07) is 0. The number of rotatable bonds is 6. The first-order valence-electron chi connectivity index (χ1n) is 15.6. The van der Waals surface area contributed by atoms with Crippen molar-refractivity contribution in [3.05, 3.63) is 97.8 Å². The lowest BCUT2D eigenvalue weighted by Gasteiger charge is -2.14. The molecule has 3 aliphatic rings. The lowest BCUT2D eigenvalue weighted by molar-refractivity contribution is -0.0247. The van der Waals surface area contributed by atoms with Crippen LogP contribution < -0.4 is 33.7 Å². The molecule has 3 aromatic heterocycles. The van der Waals surface area contributed by atoms with E-state index in [0.717, 1.165) is 0 Å². The Hall–Kier alpha value is -4.20. The molecule has 18 nitrogen and oxygen atoms in total. The highest BCUT2D eigenvalue weighted by Gasteiger charge is 2.28. The van der Waals surface area contributed by atoms with E-state index >= 15 is 0 Å². The van der Waals surface area contributed by atoms with Crippen LogP contribution in [-0.4, -0.2) is 82.1 Å². The third-order valence-electron chi connectivity index (χ3n) is 8.23. The number of aromatic nitrogens is 6. The van der Waals surface area contributed by atoms with Crippen molar-refractivity contribution in [2.75, 3.05) is 19.8 Å². The molecule has 3 aliphatic heterocycles. The fourth-order valence-corrected chi connectivity index (χ4v) is 5.48. The third-order valence-corrected chi connectivity index (χ3v) is 8.23. The minimum Gasteiger partial charge on any atom is -0.394 e. The predicted molar refractivity (Wildman–Crippen MR) is 169 cm³/mol. The molecule has 0 unspecified atom stereocenters. The maximum absolute atomic E-state index is 11.5. The van der Waals surface area contributed by atoms with E-state index in [-0.39, 0.29) is 73.5 Å². The largest absolute Gasteiger partial charge is 0.394 e. The standard InChI is InChI=1S/3C10H14N2O4/c3*1-6-4-12(10(15)11-9(6)14)8-3-2-7(5-13)16-8/h3*4,7-8,13H,2-3,5H2,1H3,(H,11,14,15)/t3*7-,8+/m000/s1. The quantitative estimate of drug-likeness (QED) is 0.175. The van der Waals surface area contributed by atoms with Crippen LogP contribution in [0, 0.1) is 20.8 Å². The molecule has 3 saturated heterocycles. The second kappa shape index (κ2) is 16.3. The fraction of sp³-hybridized carbons (Fsp3) is 0.600. The summed E-state index contributed by atoms with van der Waals surface area (Å²) in [7, 11) is 0. The zero-order valence-electron chi connectivity index (χ0n) is 26.9. The lowest BCUT2D eigenvalue weighted by Crippen LogP contribution is -2.33. The number of H-pyrrole nitrogens is 3. The molecule has 0 aromatic carbocycles. The van der Waals surface area contributed by atoms with Gasteiger partial charge < -0.3 is 29.5 Å². The number of aliphatic hydroxyl groups is 3. The van der Waals surface area contributed by atoms with Crippen LogP contribution in [0.1, 0.15) is 73.9 Å². The number of nitrogens with zero attached hydrogens (tertiary/aromatic N) is 3. The molecular weight excluding hydrogens is 636 g/mol. The van der Waals surface area contributed by atoms with E-state index < -0.39 is 17.1 Å². The number of ether oxygens (including phenoxy) is 3. The van der Waals surface area contributed by atoms with Crippen LogP contribution in [0.3, 0.4) is 0 Å². The Morgan fingerprint density at radius 2 is 0.771 bits per heavy atom. The number of aryl methyl sites for hydroxylation is 3. The molecule has 0 saturated carbocycles. The van der Waals surface area contributed by atoms with E-state index in [1.54, 1.807) is 20.8 Å². The van der Waals surface area contributed by atoms with E-state index in [1.165, 1.54) is 32.3 Å². The highest BCUT2D eigenvalue weighted by atomic mass is 16.5. The minimum atomic E-state index is -0.473. The number of nitrogens with one attached hydrogen (secondary N) is 3. The molecule has 264 valence electrons. The van der Waals surface area contributed by atoms with E-state index in [0.29, 0.717) is 55.2 Å². The molecule has 18 heteroatoms. The van der Waals surface area contributed by atoms with Gasteiger partial charge in [-0.05, 0) is 59.3 Å². The van der Waals surface area contributed by atoms with Crippen LogP contribution in [0.4, 0.5) is 0 Å². The zero-order chi connectivity index (χ0) is 35.1. The van der Waals surface area contributed by atoms with Gasteiger partial charge in [0, 0.05) is 35.3 Å². The smallest absolute Gasteiger partial charge is 0.330 e. The van der Waals surface area contributed by atoms with Gasteiger partial charge in [-0.1, -0.05) is 0 Å². The van der Waals surface area contributed by atoms with Crippen molar-refractivity contribution in [1.82, 2.24) is 28.7 Å². The summed E-state index contributed by atoms with van der Waals surface area (Å²) in [6.07, 6.45) is 6.79. The molecule has 6 rings (SSSR count). The summed E-state index contributed by atoms with van der Waals surface area (Å²) in [5, 5.41) is 26.8. The second-order valence-electron chi connectivity index (χ2n) is 11.9. The van der Waals surface area contributed by atoms with Crippen LogP contribution in [0.2, 0.25) is 0 Å². The van der Waals surface area contributed by atoms with Crippen LogP contribution in [0.25, 0.3) is 0 Å². The molecule has 48 heavy (non-hydrogen) atoms. The van der Waals surface area contributed by atoms with Gasteiger partial charge in [0.1, 0.15) is 18.7 Å². The fourth-order valence-electron chi connectivity index (χ4n) is 5.48. The highest BCUT2D eigenvalue weighted by Crippen LogP contribution is 2.28. The van der Waals surface area contributed by atoms with Crippen molar-refractivity contribution in [3.8, 4) is 0 Å². The molecule has 6 heterocycles. The van der Waals surface area contributed by atoms with Gasteiger partial charge in [-0.15, -0.1) is 0 Å². The van der Waals surface area contributed by atoms with Crippen molar-refractivity contribution >= 4 is 0 Å². The summed E-state index contributed by atoms with van der Waals surface area (Å²) < 4.78 is 20.5. The first-order valence-corrected chi connectivity index (χ1v) is 15.6. The summed E-state index contributed by atoms with van der Waals surface area (Å²) in [6.45, 7) is 4.75. The molecule has 3 fully saturated rings. The van der Waals surface area contributed by atoms with E-state index in [2.05, 4.69) is 15.0 Å². The molecule has 0 aliphatic carbocycles. The Morgan fingerprint density at radius 1 is 0.521 bits per heavy atom. The van der Waals surface area contributed by atoms with E-state index in [4.69, 9.17) is 29.5 Å². The van der Waals surface area contributed by atoms with Gasteiger partial charge in [-0.2, -0.15) is 0 Å². The SMILES string of the molecule is Cc1cn([C@H]2CC[C@@H](CO)O2)c(=O)[nH]c1=O.Cc1cn([C@H]2CC[C@@H](CO)O2)c(=O)[nH]c1=O.Cc1cn([C@H]2CC[C@@H](CO)O2)c(=O)[nH]c1=O. The summed E-state index contributed by atoms with van der Waals surface area (Å²) in [5.74, 6) is 0. The van der Waals surface area contributed by atoms with Crippen molar-refractivity contribution in [3.63, 3.8) is 0 Å². The van der Waals surface area contributed by atoms with Crippen LogP contribution in [0.15, 0.2) is 47.4 Å². The number of aliphatic hydroxyl groups excluding tert-OH is 3. The van der Waals surface area contributed by atoms with Gasteiger partial charge in [0.15, 0.2) is 0 Å². The Balaban J connectivity index is 0.000000163. The number of aromatic amines is 3. The Labute approximate surface area is 272 Å². The van der Waals surface area contributed by atoms with Crippen LogP contribution in [-0.2, 0) is 14.2 Å². The van der Waals surface area contributed by atoms with Crippen molar-refractivity contribution in [2.24, 2.45) is 0 Å². The molecule has 0 bridgehead atoms. The van der Waals surface area contributed by atoms with Gasteiger partial charge in [-0.25, -0.2) is 14.4 Å². The maximum Gasteiger partial charge on any atom is 0.330 e. The van der Waals surface area contributed by atoms with Gasteiger partial charge in [0.2, 0.25) is 0 Å². The second-order valence-corrected chi connectivity index (χ2v) is 11.9. The lowest BCUT2D eigenvalue weighted by atomic mass is 10.2. The van der Waals surface area contributed by atoms with Crippen molar-refractivity contribution < 1.29 is 29.5 Å². The molecule has 0 spiro atoms. The first kappa shape index (κ1) is 36.6. The van der Waals surface area contributed by atoms with Gasteiger partial charge >= 0.3 is 17.1 Å². The van der Waals surface area contributed by atoms with E-state index in [9.17, 15) is 28.8 Å². The van der Waals surface area contributed by atoms with Crippen molar-refractivity contribution in [2.45, 2.75) is 96.3 Å². The maximum atomic E-state index is 11.5. The topological polar surface area (TPSA) is 253 Å². The summed E-state index contributed by atoms with van der Waals surface area (Å²) >= 11 is 0. The summed E-state index contributed by atoms with van der Waals surface area (Å²) in [5.41, 5.74) is -1.15. The van der Waals surface area contributed by atoms with Crippen LogP contribution >= 0.6 is 0 Å². The molecule has 0 radical (unpaired) electrons. The minimum absolute atomic E-state index is 0.0480. The first-order chi connectivity index (χ1) is 22.8. The number of hydrogen-bond acceptors (Lipinski definition) is 12. The van der Waals surface area contributed by atoms with Gasteiger partial charge in [0.25, 0.3) is 16.7 Å². The van der Waals surface area contributed by atoms with Gasteiger partial charge in [-0.3, -0.25) is 43.0 Å². The van der Waals surface area contributed by atoms with E-state index in [1.807, 2.05) is 0 Å². The number of hydrogen-bond donors (Lipinski definition) is 6. The Kier molecular flexibility index (Phi) is 12.4. The monoisotopic (exact) mass is 678 g/mol. The molecular formula is C30H42N6O12. The molecule has 6 N–H and O–H groups in total. The predicted octanol–water partition coefficient (Wildman–Crippen LogP) is -1.46. The summed E-state index contributed by atoms with van der Waals surface area (Å²) in [4.78, 5) is 74.8. The average molecular weight is 679 g/mol. The normalized spacial score (nSPS) is 24.9. The Bertz CT molecular complexity index is 1690. The van der Waals surface area contributed by atoms with Gasteiger partial charge in [0.05, 0.1) is 38.1 Å². The third kappa shape index (κ3) is 8.82. The zero-order valence-corrected chi connectivity index (χ0v) is 26.9. The Morgan fingerprint density at radius 3 is 0.979 bits per heavy atom. The molecule has 6 atom stereocenters. The molecule has 3 aromatic rings. The molecule has 0 amide bonds. The van der Waals surface area contributed by atoms with Crippen molar-refractivity contribution in [1.29, 1.82) is 0 Å². The highest BCUT2D eigenvalue weighted by molar-refractivity contribution is 5.03. The average Bonchev–Trinajstić information content (AvgIpc) is 3.84.